The van der Waals surface area contributed by atoms with E-state index in [0.29, 0.717) is 23.9 Å². The molecule has 400 valence electrons. The normalized spacial score (nSPS) is 25.4. The van der Waals surface area contributed by atoms with E-state index in [2.05, 4.69) is 170 Å². The molecule has 5 fully saturated rings. The van der Waals surface area contributed by atoms with Gasteiger partial charge in [0.15, 0.2) is 11.5 Å². The zero-order valence-electron chi connectivity index (χ0n) is 45.6. The second-order valence-electron chi connectivity index (χ2n) is 21.3. The van der Waals surface area contributed by atoms with Gasteiger partial charge in [-0.25, -0.2) is 0 Å². The number of benzene rings is 7. The van der Waals surface area contributed by atoms with Crippen molar-refractivity contribution in [2.45, 2.75) is 126 Å². The van der Waals surface area contributed by atoms with Crippen LogP contribution < -0.4 is 30.6 Å². The summed E-state index contributed by atoms with van der Waals surface area (Å²) in [6.45, 7) is 7.31. The Hall–Kier alpha value is -6.26. The molecule has 1 aliphatic heterocycles. The minimum absolute atomic E-state index is 0.0834. The van der Waals surface area contributed by atoms with Crippen LogP contribution in [0.1, 0.15) is 128 Å². The van der Waals surface area contributed by atoms with Gasteiger partial charge >= 0.3 is 0 Å². The molecule has 10 atom stereocenters. The molecule has 7 aromatic rings. The molecule has 8 nitrogen and oxygen atoms in total. The third-order valence-electron chi connectivity index (χ3n) is 16.6. The van der Waals surface area contributed by atoms with Gasteiger partial charge in [-0.1, -0.05) is 196 Å². The van der Waals surface area contributed by atoms with Gasteiger partial charge in [0.05, 0.1) is 34.0 Å². The first-order chi connectivity index (χ1) is 37.2. The molecule has 0 spiro atoms. The smallest absolute Gasteiger partial charge is 0.164 e. The molecule has 1 unspecified atom stereocenters. The van der Waals surface area contributed by atoms with Gasteiger partial charge in [-0.15, -0.1) is 0 Å². The molecule has 5 N–H and O–H groups in total. The number of methoxy groups -OCH3 is 3. The quantitative estimate of drug-likeness (QED) is 0.0853. The number of rotatable bonds is 14. The fraction of sp³-hybridized carbons (Fsp3) is 0.382. The SMILES string of the molecule is COc1cc(OC)c(C2CC[C@H]2C)cc1OC.C[C@@H]1CC[C@@H]1c1ccccc1.N[C@@H]1CC[C@]1(O)c1ccccc1.c1ccc(CN[C@@H]2CC[C@@H]2c2ccccc2)cc1.c1ccc(CN[C@@H]2CO[C@@H]2c2ccccc2)cc1. The summed E-state index contributed by atoms with van der Waals surface area (Å²) in [4.78, 5) is 0. The molecular weight excluding hydrogens is 939 g/mol. The Balaban J connectivity index is 0.000000127. The summed E-state index contributed by atoms with van der Waals surface area (Å²) in [7, 11) is 5.01. The first-order valence-electron chi connectivity index (χ1n) is 27.8. The van der Waals surface area contributed by atoms with Crippen LogP contribution in [-0.2, 0) is 23.4 Å². The molecule has 4 saturated carbocycles. The topological polar surface area (TPSA) is 107 Å². The van der Waals surface area contributed by atoms with Crippen LogP contribution in [0, 0.1) is 11.8 Å². The predicted molar refractivity (Wildman–Crippen MR) is 310 cm³/mol. The van der Waals surface area contributed by atoms with Crippen LogP contribution in [0.15, 0.2) is 194 Å². The number of ether oxygens (including phenoxy) is 4. The first-order valence-corrected chi connectivity index (χ1v) is 27.8. The average molecular weight is 1020 g/mol. The Morgan fingerprint density at radius 2 is 0.921 bits per heavy atom. The van der Waals surface area contributed by atoms with E-state index >= 15 is 0 Å². The zero-order chi connectivity index (χ0) is 53.1. The molecular formula is C68H83N3O5. The Morgan fingerprint density at radius 1 is 0.487 bits per heavy atom. The highest BCUT2D eigenvalue weighted by Crippen LogP contribution is 2.48. The van der Waals surface area contributed by atoms with E-state index in [0.717, 1.165) is 73.1 Å². The van der Waals surface area contributed by atoms with E-state index in [1.165, 1.54) is 71.9 Å². The van der Waals surface area contributed by atoms with Crippen molar-refractivity contribution in [2.75, 3.05) is 27.9 Å². The largest absolute Gasteiger partial charge is 0.496 e. The molecule has 0 aromatic heterocycles. The minimum Gasteiger partial charge on any atom is -0.496 e. The molecule has 12 rings (SSSR count). The number of hydrogen-bond acceptors (Lipinski definition) is 8. The standard InChI is InChI=1S/C17H19N.C16H17NO.C14H20O3.C11H14.C10H13NO/c1-3-7-14(8-4-1)13-18-17-12-11-16(17)15-9-5-2-6-10-15;1-3-7-13(8-4-1)11-17-15-12-18-16(15)14-9-5-2-6-10-14;1-9-5-6-10(9)11-7-13(16-3)14(17-4)8-12(11)15-2;1-9-7-8-11(9)10-5-3-2-4-6-10;11-9-6-7-10(9,12)8-4-2-1-3-5-8/h1-10,16-18H,11-13H2;1-10,15-17H,11-12H2;7-10H,5-6H2,1-4H3;2-6,9,11H,7-8H2,1H3;1-5,9,12H,6-7,11H2/t16-,17-;15-,16-;9-,10?;9-,11+;9-,10+/m11111/s1. The maximum atomic E-state index is 10.0. The van der Waals surface area contributed by atoms with Gasteiger partial charge in [-0.3, -0.25) is 0 Å². The van der Waals surface area contributed by atoms with Crippen molar-refractivity contribution in [3.05, 3.63) is 233 Å². The van der Waals surface area contributed by atoms with Crippen LogP contribution in [0.4, 0.5) is 0 Å². The molecule has 7 aromatic carbocycles. The predicted octanol–water partition coefficient (Wildman–Crippen LogP) is 14.1. The average Bonchev–Trinajstić information content (AvgIpc) is 3.48. The lowest BCUT2D eigenvalue weighted by atomic mass is 9.71. The summed E-state index contributed by atoms with van der Waals surface area (Å²) in [6, 6.07) is 67.9. The van der Waals surface area contributed by atoms with E-state index in [-0.39, 0.29) is 12.1 Å². The minimum atomic E-state index is -0.749. The zero-order valence-corrected chi connectivity index (χ0v) is 45.6. The molecule has 0 amide bonds. The van der Waals surface area contributed by atoms with Crippen LogP contribution >= 0.6 is 0 Å². The van der Waals surface area contributed by atoms with Crippen molar-refractivity contribution >= 4 is 0 Å². The van der Waals surface area contributed by atoms with E-state index < -0.39 is 5.60 Å². The third kappa shape index (κ3) is 14.6. The van der Waals surface area contributed by atoms with Crippen molar-refractivity contribution < 1.29 is 24.1 Å². The van der Waals surface area contributed by atoms with E-state index in [1.54, 1.807) is 21.3 Å². The van der Waals surface area contributed by atoms with Crippen LogP contribution in [0.25, 0.3) is 0 Å². The molecule has 76 heavy (non-hydrogen) atoms. The first kappa shape index (κ1) is 56.0. The maximum absolute atomic E-state index is 10.0. The van der Waals surface area contributed by atoms with Gasteiger partial charge in [-0.2, -0.15) is 0 Å². The highest BCUT2D eigenvalue weighted by molar-refractivity contribution is 5.52. The van der Waals surface area contributed by atoms with Crippen LogP contribution in [0.5, 0.6) is 17.2 Å². The second kappa shape index (κ2) is 28.2. The maximum Gasteiger partial charge on any atom is 0.164 e. The summed E-state index contributed by atoms with van der Waals surface area (Å²) < 4.78 is 21.7. The van der Waals surface area contributed by atoms with Crippen molar-refractivity contribution in [3.8, 4) is 17.2 Å². The fourth-order valence-electron chi connectivity index (χ4n) is 11.0. The molecule has 1 saturated heterocycles. The van der Waals surface area contributed by atoms with Gasteiger partial charge in [0.1, 0.15) is 17.5 Å². The summed E-state index contributed by atoms with van der Waals surface area (Å²) in [5.41, 5.74) is 14.1. The van der Waals surface area contributed by atoms with Crippen LogP contribution in [-0.4, -0.2) is 51.2 Å². The number of nitrogens with one attached hydrogen (secondary N) is 2. The summed E-state index contributed by atoms with van der Waals surface area (Å²) >= 11 is 0. The van der Waals surface area contributed by atoms with Crippen molar-refractivity contribution in [2.24, 2.45) is 17.6 Å². The Morgan fingerprint density at radius 3 is 1.30 bits per heavy atom. The monoisotopic (exact) mass is 1020 g/mol. The van der Waals surface area contributed by atoms with Crippen molar-refractivity contribution in [3.63, 3.8) is 0 Å². The molecule has 0 radical (unpaired) electrons. The summed E-state index contributed by atoms with van der Waals surface area (Å²) in [6.07, 6.45) is 9.86. The number of aliphatic hydroxyl groups is 1. The third-order valence-corrected chi connectivity index (χ3v) is 16.6. The van der Waals surface area contributed by atoms with Gasteiger partial charge in [0, 0.05) is 36.8 Å². The molecule has 4 aliphatic carbocycles. The lowest BCUT2D eigenvalue weighted by Crippen LogP contribution is -2.54. The fourth-order valence-corrected chi connectivity index (χ4v) is 11.0. The molecule has 8 heteroatoms. The van der Waals surface area contributed by atoms with Gasteiger partial charge in [-0.05, 0) is 120 Å². The lowest BCUT2D eigenvalue weighted by Gasteiger charge is -2.43. The Bertz CT molecular complexity index is 2640. The van der Waals surface area contributed by atoms with E-state index in [4.69, 9.17) is 24.7 Å². The Labute approximate surface area is 454 Å². The highest BCUT2D eigenvalue weighted by Gasteiger charge is 2.44. The van der Waals surface area contributed by atoms with Gasteiger partial charge < -0.3 is 40.4 Å². The van der Waals surface area contributed by atoms with E-state index in [9.17, 15) is 5.11 Å². The molecule has 5 aliphatic rings. The number of hydrogen-bond donors (Lipinski definition) is 4. The summed E-state index contributed by atoms with van der Waals surface area (Å²) in [5.74, 6) is 6.19. The van der Waals surface area contributed by atoms with E-state index in [1.807, 2.05) is 48.5 Å². The second-order valence-corrected chi connectivity index (χ2v) is 21.3. The van der Waals surface area contributed by atoms with Crippen molar-refractivity contribution in [1.29, 1.82) is 0 Å². The highest BCUT2D eigenvalue weighted by atomic mass is 16.5. The molecule has 0 bridgehead atoms. The summed E-state index contributed by atoms with van der Waals surface area (Å²) in [5, 5.41) is 17.3. The number of nitrogens with two attached hydrogens (primary N) is 1. The van der Waals surface area contributed by atoms with Crippen molar-refractivity contribution in [1.82, 2.24) is 10.6 Å². The van der Waals surface area contributed by atoms with Crippen LogP contribution in [0.2, 0.25) is 0 Å². The molecule has 1 heterocycles. The van der Waals surface area contributed by atoms with Gasteiger partial charge in [0.2, 0.25) is 0 Å². The lowest BCUT2D eigenvalue weighted by molar-refractivity contribution is -0.0904. The Kier molecular flexibility index (Phi) is 20.8. The van der Waals surface area contributed by atoms with Gasteiger partial charge in [0.25, 0.3) is 0 Å². The van der Waals surface area contributed by atoms with Crippen LogP contribution in [0.3, 0.4) is 0 Å².